The third kappa shape index (κ3) is 8.69. The summed E-state index contributed by atoms with van der Waals surface area (Å²) in [6.45, 7) is 17.7. The quantitative estimate of drug-likeness (QED) is 0.149. The van der Waals surface area contributed by atoms with Gasteiger partial charge in [-0.15, -0.1) is 68.1 Å². The zero-order chi connectivity index (χ0) is 26.8. The van der Waals surface area contributed by atoms with Gasteiger partial charge in [-0.25, -0.2) is 0 Å². The first kappa shape index (κ1) is 31.6. The Morgan fingerprint density at radius 3 is 1.33 bits per heavy atom. The molecule has 4 aromatic carbocycles. The van der Waals surface area contributed by atoms with Crippen LogP contribution in [0, 0.1) is 13.8 Å². The fraction of sp³-hybridized carbons (Fsp3) is 0.438. The van der Waals surface area contributed by atoms with Crippen LogP contribution < -0.4 is 0 Å². The standard InChI is InChI=1S/2C15H19.C2H6Si.2ClH.Zr/c2*1-4-6-13-8-7-11(3)14-9-12(5-2)10-15(13)14;1-3-2;;;/h2*7-10H,4-6H2,1-3H3;1-2H3;2*1H;/q2*-1;;;;+2/p-2. The van der Waals surface area contributed by atoms with Gasteiger partial charge in [-0.05, 0) is 25.7 Å². The molecule has 4 rings (SSSR count). The first-order chi connectivity index (χ1) is 17.2. The number of fused-ring (bicyclic) bond motifs is 2. The molecule has 0 saturated carbocycles. The molecular formula is C32H44Cl2SiZr-2. The second-order valence-corrected chi connectivity index (χ2v) is 32.9. The van der Waals surface area contributed by atoms with Crippen molar-refractivity contribution in [1.82, 2.24) is 0 Å². The van der Waals surface area contributed by atoms with E-state index < -0.39 is 18.0 Å². The molecule has 0 bridgehead atoms. The molecule has 0 aliphatic carbocycles. The fourth-order valence-electron chi connectivity index (χ4n) is 4.51. The summed E-state index contributed by atoms with van der Waals surface area (Å²) < 4.78 is 0. The molecule has 0 saturated heterocycles. The summed E-state index contributed by atoms with van der Waals surface area (Å²) in [5, 5.41) is 5.87. The Bertz CT molecular complexity index is 1180. The number of aryl methyl sites for hydroxylation is 6. The van der Waals surface area contributed by atoms with Crippen molar-refractivity contribution in [2.75, 3.05) is 0 Å². The molecule has 0 heterocycles. The molecule has 196 valence electrons. The maximum absolute atomic E-state index is 5.62. The molecule has 0 N–H and O–H groups in total. The second kappa shape index (κ2) is 15.7. The third-order valence-electron chi connectivity index (χ3n) is 6.74. The Hall–Kier alpha value is -0.660. The molecule has 0 aromatic heterocycles. The van der Waals surface area contributed by atoms with Crippen LogP contribution in [0.3, 0.4) is 0 Å². The summed E-state index contributed by atoms with van der Waals surface area (Å²) >= 11 is -1.65. The average Bonchev–Trinajstić information content (AvgIpc) is 3.50. The van der Waals surface area contributed by atoms with Gasteiger partial charge in [0, 0.05) is 0 Å². The molecule has 0 atom stereocenters. The van der Waals surface area contributed by atoms with E-state index in [-0.39, 0.29) is 5.43 Å². The Kier molecular flexibility index (Phi) is 13.7. The summed E-state index contributed by atoms with van der Waals surface area (Å²) in [4.78, 5) is 0. The molecule has 0 nitrogen and oxygen atoms in total. The molecule has 0 fully saturated rings. The van der Waals surface area contributed by atoms with Gasteiger partial charge in [-0.3, -0.25) is 0 Å². The number of halogens is 2. The van der Waals surface area contributed by atoms with Crippen molar-refractivity contribution in [3.8, 4) is 0 Å². The summed E-state index contributed by atoms with van der Waals surface area (Å²) in [7, 11) is 11.2. The Balaban J connectivity index is 0.000000208. The van der Waals surface area contributed by atoms with Crippen LogP contribution in [0.4, 0.5) is 0 Å². The summed E-state index contributed by atoms with van der Waals surface area (Å²) in [6.07, 6.45) is 7.13. The number of benzene rings is 2. The van der Waals surface area contributed by atoms with Gasteiger partial charge in [0.2, 0.25) is 0 Å². The van der Waals surface area contributed by atoms with E-state index in [2.05, 4.69) is 103 Å². The predicted molar refractivity (Wildman–Crippen MR) is 164 cm³/mol. The molecule has 0 unspecified atom stereocenters. The van der Waals surface area contributed by atoms with Crippen LogP contribution >= 0.6 is 17.0 Å². The van der Waals surface area contributed by atoms with E-state index in [1.54, 1.807) is 0 Å². The van der Waals surface area contributed by atoms with Crippen molar-refractivity contribution < 1.29 is 18.0 Å². The van der Waals surface area contributed by atoms with E-state index >= 15 is 0 Å². The summed E-state index contributed by atoms with van der Waals surface area (Å²) in [5.41, 5.74) is 8.55. The van der Waals surface area contributed by atoms with Crippen molar-refractivity contribution in [2.24, 2.45) is 0 Å². The van der Waals surface area contributed by atoms with Gasteiger partial charge in [0.1, 0.15) is 0 Å². The predicted octanol–water partition coefficient (Wildman–Crippen LogP) is 10.9. The minimum absolute atomic E-state index is 0.224. The van der Waals surface area contributed by atoms with Gasteiger partial charge >= 0.3 is 53.5 Å². The van der Waals surface area contributed by atoms with Crippen LogP contribution in [0.2, 0.25) is 13.1 Å². The van der Waals surface area contributed by atoms with Crippen molar-refractivity contribution in [3.05, 3.63) is 81.9 Å². The molecule has 0 spiro atoms. The Morgan fingerprint density at radius 1 is 0.694 bits per heavy atom. The molecule has 36 heavy (non-hydrogen) atoms. The zero-order valence-electron chi connectivity index (χ0n) is 23.6. The number of hydrogen-bond acceptors (Lipinski definition) is 0. The molecule has 0 radical (unpaired) electrons. The molecule has 0 aliphatic heterocycles. The van der Waals surface area contributed by atoms with Crippen LogP contribution in [0.15, 0.2) is 48.5 Å². The van der Waals surface area contributed by atoms with Crippen LogP contribution in [-0.4, -0.2) is 5.43 Å². The van der Waals surface area contributed by atoms with E-state index in [9.17, 15) is 0 Å². The first-order valence-electron chi connectivity index (χ1n) is 13.5. The monoisotopic (exact) mass is 616 g/mol. The zero-order valence-corrected chi connectivity index (χ0v) is 28.6. The van der Waals surface area contributed by atoms with Crippen molar-refractivity contribution >= 4 is 44.0 Å². The second-order valence-electron chi connectivity index (χ2n) is 9.93. The van der Waals surface area contributed by atoms with Crippen LogP contribution in [0.5, 0.6) is 0 Å². The minimum atomic E-state index is -1.65. The van der Waals surface area contributed by atoms with Gasteiger partial charge < -0.3 is 0 Å². The van der Waals surface area contributed by atoms with E-state index in [4.69, 9.17) is 17.0 Å². The van der Waals surface area contributed by atoms with E-state index in [0.29, 0.717) is 0 Å². The van der Waals surface area contributed by atoms with Crippen molar-refractivity contribution in [2.45, 2.75) is 93.2 Å². The molecule has 0 aliphatic rings. The fourth-order valence-corrected chi connectivity index (χ4v) is 4.51. The van der Waals surface area contributed by atoms with Gasteiger partial charge in [0.15, 0.2) is 0 Å². The normalized spacial score (nSPS) is 10.6. The maximum atomic E-state index is 5.62. The molecule has 4 aromatic rings. The summed E-state index contributed by atoms with van der Waals surface area (Å²) in [6, 6.07) is 18.5. The Labute approximate surface area is 235 Å². The van der Waals surface area contributed by atoms with E-state index in [1.165, 1.54) is 80.6 Å². The third-order valence-corrected chi connectivity index (χ3v) is 26.5. The number of hydrogen-bond donors (Lipinski definition) is 0. The Morgan fingerprint density at radius 2 is 1.06 bits per heavy atom. The van der Waals surface area contributed by atoms with Crippen LogP contribution in [0.1, 0.15) is 73.9 Å². The topological polar surface area (TPSA) is 0 Å². The van der Waals surface area contributed by atoms with E-state index in [0.717, 1.165) is 12.8 Å². The molecule has 0 amide bonds. The van der Waals surface area contributed by atoms with E-state index in [1.807, 2.05) is 0 Å². The molecule has 4 heteroatoms. The molecular weight excluding hydrogens is 575 g/mol. The van der Waals surface area contributed by atoms with Gasteiger partial charge in [0.25, 0.3) is 0 Å². The van der Waals surface area contributed by atoms with Gasteiger partial charge in [-0.2, -0.15) is 12.1 Å². The van der Waals surface area contributed by atoms with Crippen LogP contribution in [-0.2, 0) is 43.7 Å². The van der Waals surface area contributed by atoms with Crippen molar-refractivity contribution in [3.63, 3.8) is 0 Å². The average molecular weight is 619 g/mol. The number of rotatable bonds is 6. The first-order valence-corrected chi connectivity index (χ1v) is 26.0. The summed E-state index contributed by atoms with van der Waals surface area (Å²) in [5.74, 6) is 0. The van der Waals surface area contributed by atoms with Gasteiger partial charge in [0.05, 0.1) is 0 Å². The van der Waals surface area contributed by atoms with Crippen LogP contribution in [0.25, 0.3) is 21.5 Å². The van der Waals surface area contributed by atoms with Gasteiger partial charge in [-0.1, -0.05) is 77.6 Å². The SMILES string of the molecule is CCCc1ccc(C)c2[cH-]c(CC)cc12.CCCc1ccc(C)c2[cH-]c(CC)cc12.C[Si](C)=[Zr]([Cl])[Cl]. The van der Waals surface area contributed by atoms with Crippen molar-refractivity contribution in [1.29, 1.82) is 0 Å².